The van der Waals surface area contributed by atoms with Crippen molar-refractivity contribution in [3.63, 3.8) is 0 Å². The molecule has 1 aromatic rings. The molecular formula is C52H81N17O16S4. The van der Waals surface area contributed by atoms with Gasteiger partial charge in [0, 0.05) is 60.7 Å². The smallest absolute Gasteiger partial charge is 0.246 e. The van der Waals surface area contributed by atoms with Crippen LogP contribution in [-0.4, -0.2) is 236 Å². The van der Waals surface area contributed by atoms with E-state index in [9.17, 15) is 77.3 Å². The highest BCUT2D eigenvalue weighted by Gasteiger charge is 2.44. The Balaban J connectivity index is 1.57. The summed E-state index contributed by atoms with van der Waals surface area (Å²) >= 11 is 0. The van der Waals surface area contributed by atoms with Crippen LogP contribution in [0.15, 0.2) is 12.5 Å². The van der Waals surface area contributed by atoms with Gasteiger partial charge in [-0.2, -0.15) is 0 Å². The minimum atomic E-state index is -1.68. The largest absolute Gasteiger partial charge is 0.394 e. The number of nitrogens with one attached hydrogen (secondary N) is 13. The Bertz CT molecular complexity index is 2720. The van der Waals surface area contributed by atoms with Crippen molar-refractivity contribution in [3.05, 3.63) is 18.2 Å². The third-order valence-corrected chi connectivity index (χ3v) is 19.1. The van der Waals surface area contributed by atoms with Gasteiger partial charge in [0.1, 0.15) is 66.5 Å². The maximum absolute atomic E-state index is 14.8. The molecule has 4 fully saturated rings. The average Bonchev–Trinajstić information content (AvgIpc) is 2.28. The summed E-state index contributed by atoms with van der Waals surface area (Å²) < 4.78 is 0. The van der Waals surface area contributed by atoms with Crippen LogP contribution in [0.5, 0.6) is 0 Å². The molecule has 4 saturated heterocycles. The summed E-state index contributed by atoms with van der Waals surface area (Å²) in [4.78, 5) is 201. The van der Waals surface area contributed by atoms with Crippen molar-refractivity contribution >= 4 is 126 Å². The van der Waals surface area contributed by atoms with Crippen molar-refractivity contribution in [1.82, 2.24) is 78.7 Å². The van der Waals surface area contributed by atoms with E-state index in [0.717, 1.165) is 48.1 Å². The second-order valence-corrected chi connectivity index (χ2v) is 27.4. The van der Waals surface area contributed by atoms with E-state index in [4.69, 9.17) is 11.5 Å². The van der Waals surface area contributed by atoms with Crippen LogP contribution in [0.2, 0.25) is 0 Å². The molecule has 494 valence electrons. The molecule has 1 aromatic heterocycles. The molecule has 89 heavy (non-hydrogen) atoms. The Kier molecular flexibility index (Phi) is 29.5. The first-order valence-electron chi connectivity index (χ1n) is 28.9. The van der Waals surface area contributed by atoms with Gasteiger partial charge in [0.25, 0.3) is 0 Å². The fraction of sp³-hybridized carbons (Fsp3) is 0.673. The van der Waals surface area contributed by atoms with E-state index in [2.05, 4.69) is 73.8 Å². The van der Waals surface area contributed by atoms with Crippen LogP contribution in [-0.2, 0) is 73.5 Å². The molecule has 0 spiro atoms. The Labute approximate surface area is 528 Å². The summed E-state index contributed by atoms with van der Waals surface area (Å²) in [5.74, 6) is -14.5. The second-order valence-electron chi connectivity index (χ2n) is 22.2. The molecule has 33 nitrogen and oxygen atoms in total. The third kappa shape index (κ3) is 23.1. The molecule has 4 aliphatic rings. The number of aliphatic hydroxyl groups excluding tert-OH is 2. The van der Waals surface area contributed by atoms with Crippen molar-refractivity contribution in [2.75, 3.05) is 55.8 Å². The van der Waals surface area contributed by atoms with Gasteiger partial charge in [0.05, 0.1) is 32.1 Å². The van der Waals surface area contributed by atoms with Gasteiger partial charge >= 0.3 is 0 Å². The predicted octanol–water partition coefficient (Wildman–Crippen LogP) is -7.11. The molecule has 0 unspecified atom stereocenters. The normalized spacial score (nSPS) is 27.4. The van der Waals surface area contributed by atoms with E-state index >= 15 is 0 Å². The second kappa shape index (κ2) is 36.1. The number of hydrogen-bond donors (Lipinski definition) is 17. The number of rotatable bonds is 17. The van der Waals surface area contributed by atoms with Crippen molar-refractivity contribution in [3.8, 4) is 0 Å². The maximum Gasteiger partial charge on any atom is 0.246 e. The first-order chi connectivity index (χ1) is 42.3. The average molecular weight is 1330 g/mol. The molecule has 0 saturated carbocycles. The summed E-state index contributed by atoms with van der Waals surface area (Å²) in [7, 11) is 3.62. The predicted molar refractivity (Wildman–Crippen MR) is 326 cm³/mol. The lowest BCUT2D eigenvalue weighted by atomic mass is 10.0. The first-order valence-corrected chi connectivity index (χ1v) is 33.9. The zero-order chi connectivity index (χ0) is 65.5. The SMILES string of the molecule is CC(C)C[C@@H]1NC(=O)[C@H](CCCCN)NC(=O)[C@H](CO)NC(=O)CNC(=O)[C@@H]2CSSC[C@H](NC1=O)C(=O)N[C@@H](Cc1cnc[nH]1)C(=O)N1C[C@H](O)C[C@H]1C(=O)N[C@H](C(N)=O)CSSC[C@H](NC(=O)[C@@H](NC(=O)CNC(=O)[C@@H]1CCC(=O)N1)C(C)C)C(=O)N2. The summed E-state index contributed by atoms with van der Waals surface area (Å²) in [6.07, 6.45) is 1.87. The van der Waals surface area contributed by atoms with E-state index in [1.165, 1.54) is 12.5 Å². The van der Waals surface area contributed by atoms with Gasteiger partial charge in [0.15, 0.2) is 0 Å². The lowest BCUT2D eigenvalue weighted by molar-refractivity contribution is -0.142. The van der Waals surface area contributed by atoms with Crippen LogP contribution in [0.1, 0.15) is 78.3 Å². The number of nitrogens with zero attached hydrogens (tertiary/aromatic N) is 2. The van der Waals surface area contributed by atoms with Gasteiger partial charge in [-0.05, 0) is 50.5 Å². The molecule has 0 aromatic carbocycles. The van der Waals surface area contributed by atoms with Crippen LogP contribution in [0, 0.1) is 11.8 Å². The molecule has 5 heterocycles. The van der Waals surface area contributed by atoms with E-state index in [1.54, 1.807) is 27.7 Å². The molecule has 5 rings (SSSR count). The minimum absolute atomic E-state index is 0.0182. The van der Waals surface area contributed by atoms with Crippen molar-refractivity contribution < 1.29 is 77.3 Å². The topological polar surface area (TPSA) is 508 Å². The maximum atomic E-state index is 14.8. The first kappa shape index (κ1) is 72.8. The highest BCUT2D eigenvalue weighted by atomic mass is 33.1. The summed E-state index contributed by atoms with van der Waals surface area (Å²) in [6.45, 7) is 4.07. The Morgan fingerprint density at radius 1 is 0.719 bits per heavy atom. The number of hydrogen-bond acceptors (Lipinski definition) is 22. The Hall–Kier alpha value is -6.93. The fourth-order valence-electron chi connectivity index (χ4n) is 9.48. The van der Waals surface area contributed by atoms with Crippen molar-refractivity contribution in [2.45, 2.75) is 152 Å². The number of unbranched alkanes of at least 4 members (excludes halogenated alkanes) is 1. The Morgan fingerprint density at radius 2 is 1.36 bits per heavy atom. The fourth-order valence-corrected chi connectivity index (χ4v) is 14.1. The van der Waals surface area contributed by atoms with Gasteiger partial charge in [-0.3, -0.25) is 67.1 Å². The van der Waals surface area contributed by atoms with Crippen LogP contribution >= 0.6 is 43.2 Å². The highest BCUT2D eigenvalue weighted by Crippen LogP contribution is 2.27. The number of nitrogens with two attached hydrogens (primary N) is 2. The lowest BCUT2D eigenvalue weighted by Crippen LogP contribution is -2.61. The standard InChI is InChI=1S/C52H81N17O16S4/c1-24(2)11-30-46(79)66-35-21-89-87-20-34(44(77)57-15-39(73)60-32(18-70)47(80)61-28(45(78)62-30)7-5-6-10-53)65-49(82)36(67-51(84)41(25(3)4)68-40(74)16-56-43(76)29-8-9-38(72)59-29)22-88-86-19-33(42(54)75)64-50(83)37-13-27(71)17-69(37)52(85)31(63-48(35)81)12-26-14-55-23-58-26/h14,23-25,27-37,41,70-71H,5-13,15-22,53H2,1-4H3,(H2,54,75)(H,55,58)(H,56,76)(H,57,77)(H,59,72)(H,60,73)(H,61,80)(H,62,78)(H,63,81)(H,64,83)(H,65,82)(H,66,79)(H,67,84)(H,68,74)/t27-,28+,29+,30+,31+,32+,33+,34+,35+,36+,37+,41+/m1/s1. The van der Waals surface area contributed by atoms with E-state index in [-0.39, 0.29) is 79.9 Å². The molecule has 0 radical (unpaired) electrons. The third-order valence-electron chi connectivity index (χ3n) is 14.3. The zero-order valence-electron chi connectivity index (χ0n) is 49.6. The number of primary amides is 1. The van der Waals surface area contributed by atoms with Crippen molar-refractivity contribution in [1.29, 1.82) is 0 Å². The van der Waals surface area contributed by atoms with E-state index in [0.29, 0.717) is 18.5 Å². The van der Waals surface area contributed by atoms with Gasteiger partial charge in [-0.15, -0.1) is 0 Å². The summed E-state index contributed by atoms with van der Waals surface area (Å²) in [6, 6.07) is -15.8. The number of carbonyl (C=O) groups excluding carboxylic acids is 14. The Morgan fingerprint density at radius 3 is 1.99 bits per heavy atom. The number of H-pyrrole nitrogens is 1. The van der Waals surface area contributed by atoms with Gasteiger partial charge in [0.2, 0.25) is 82.7 Å². The van der Waals surface area contributed by atoms with Gasteiger partial charge in [-0.25, -0.2) is 4.98 Å². The number of fused-ring (bicyclic) bond motifs is 6. The molecule has 0 aliphatic carbocycles. The molecule has 4 aliphatic heterocycles. The minimum Gasteiger partial charge on any atom is -0.394 e. The van der Waals surface area contributed by atoms with Crippen LogP contribution in [0.3, 0.4) is 0 Å². The van der Waals surface area contributed by atoms with Crippen molar-refractivity contribution in [2.24, 2.45) is 23.3 Å². The molecule has 12 atom stereocenters. The number of aromatic nitrogens is 2. The molecular weight excluding hydrogens is 1250 g/mol. The van der Waals surface area contributed by atoms with Gasteiger partial charge in [-0.1, -0.05) is 70.9 Å². The number of imidazole rings is 1. The monoisotopic (exact) mass is 1330 g/mol. The molecule has 37 heteroatoms. The van der Waals surface area contributed by atoms with E-state index in [1.807, 2.05) is 0 Å². The van der Waals surface area contributed by atoms with Crippen LogP contribution in [0.25, 0.3) is 0 Å². The number of carbonyl (C=O) groups is 14. The number of aliphatic hydroxyl groups is 2. The summed E-state index contributed by atoms with van der Waals surface area (Å²) in [5.41, 5.74) is 11.8. The number of aromatic amines is 1. The van der Waals surface area contributed by atoms with Crippen LogP contribution < -0.4 is 75.3 Å². The zero-order valence-corrected chi connectivity index (χ0v) is 52.8. The highest BCUT2D eigenvalue weighted by molar-refractivity contribution is 8.77. The molecule has 2 bridgehead atoms. The lowest BCUT2D eigenvalue weighted by Gasteiger charge is -2.31. The molecule has 19 N–H and O–H groups in total. The molecule has 14 amide bonds. The quantitative estimate of drug-likeness (QED) is 0.0509. The summed E-state index contributed by atoms with van der Waals surface area (Å²) in [5, 5.41) is 51.6. The number of amides is 14. The van der Waals surface area contributed by atoms with Crippen LogP contribution in [0.4, 0.5) is 0 Å². The van der Waals surface area contributed by atoms with E-state index < -0.39 is 182 Å². The van der Waals surface area contributed by atoms with Gasteiger partial charge < -0.3 is 95.4 Å².